The molecule has 0 aliphatic heterocycles. The standard InChI is InChI=1S/C31H32N4O4.C13H16N2O2.ClH/c1-19(36)26(15-22-17-34(2)28-11-9-24(37)16-25(22)28)33-31(38)20-8-10-29-27(14-20)32-30(21-12-13-39-18-21)35(29)23-6-4-3-5-7-23;1-8(16)12(14)5-9-7-15(2)13-4-3-10(17)6-11(9)13;/h8-14,16-18,23,26,37H,3-7,15H2,1-2H3,(H,33,38);3-4,6-7,12,17H,5,14H2,1-2H3;1H/t26-;12-;/m00./s1. The molecule has 57 heavy (non-hydrogen) atoms. The Morgan fingerprint density at radius 2 is 1.42 bits per heavy atom. The zero-order valence-electron chi connectivity index (χ0n) is 32.7. The number of halogens is 1. The van der Waals surface area contributed by atoms with Gasteiger partial charge in [-0.25, -0.2) is 4.98 Å². The van der Waals surface area contributed by atoms with E-state index in [0.717, 1.165) is 68.2 Å². The summed E-state index contributed by atoms with van der Waals surface area (Å²) in [7, 11) is 3.87. The van der Waals surface area contributed by atoms with Crippen LogP contribution in [0.25, 0.3) is 44.2 Å². The van der Waals surface area contributed by atoms with E-state index in [2.05, 4.69) is 15.6 Å². The molecule has 1 amide bonds. The van der Waals surface area contributed by atoms with Crippen LogP contribution in [0, 0.1) is 0 Å². The fourth-order valence-electron chi connectivity index (χ4n) is 7.96. The Morgan fingerprint density at radius 1 is 0.825 bits per heavy atom. The van der Waals surface area contributed by atoms with Crippen molar-refractivity contribution >= 4 is 50.3 Å². The molecule has 0 radical (unpaired) electrons. The Bertz CT molecular complexity index is 2560. The second kappa shape index (κ2) is 17.1. The largest absolute Gasteiger partial charge is 1.00 e. The number of imidazole rings is 1. The summed E-state index contributed by atoms with van der Waals surface area (Å²) in [6.07, 6.45) is 14.1. The Labute approximate surface area is 336 Å². The zero-order chi connectivity index (χ0) is 39.7. The Kier molecular flexibility index (Phi) is 12.2. The van der Waals surface area contributed by atoms with E-state index in [4.69, 9.17) is 9.40 Å². The number of fused-ring (bicyclic) bond motifs is 3. The minimum absolute atomic E-state index is 0. The van der Waals surface area contributed by atoms with Crippen molar-refractivity contribution < 1.29 is 47.2 Å². The second-order valence-electron chi connectivity index (χ2n) is 15.1. The molecule has 0 spiro atoms. The van der Waals surface area contributed by atoms with Gasteiger partial charge in [0.1, 0.15) is 29.6 Å². The highest BCUT2D eigenvalue weighted by atomic mass is 35.5. The van der Waals surface area contributed by atoms with Crippen LogP contribution in [-0.4, -0.2) is 58.5 Å². The monoisotopic (exact) mass is 792 g/mol. The molecule has 4 aromatic heterocycles. The molecule has 4 heterocycles. The first-order chi connectivity index (χ1) is 26.9. The first kappa shape index (κ1) is 40.8. The molecule has 2 atom stereocenters. The number of carbonyl (C=O) groups is 3. The van der Waals surface area contributed by atoms with E-state index >= 15 is 0 Å². The van der Waals surface area contributed by atoms with Crippen LogP contribution in [-0.2, 0) is 36.5 Å². The molecule has 8 rings (SSSR count). The minimum atomic E-state index is -0.706. The molecule has 3 aromatic carbocycles. The molecule has 1 aliphatic rings. The molecular weight excluding hydrogens is 744 g/mol. The van der Waals surface area contributed by atoms with Crippen molar-refractivity contribution in [3.63, 3.8) is 0 Å². The van der Waals surface area contributed by atoms with E-state index in [-0.39, 0.29) is 47.4 Å². The Morgan fingerprint density at radius 3 is 1.98 bits per heavy atom. The van der Waals surface area contributed by atoms with Crippen LogP contribution in [0.15, 0.2) is 90.0 Å². The van der Waals surface area contributed by atoms with Crippen LogP contribution in [0.2, 0.25) is 0 Å². The number of ketones is 2. The summed E-state index contributed by atoms with van der Waals surface area (Å²) in [5, 5.41) is 24.3. The van der Waals surface area contributed by atoms with Gasteiger partial charge in [0, 0.05) is 79.7 Å². The van der Waals surface area contributed by atoms with Gasteiger partial charge in [0.05, 0.1) is 28.9 Å². The van der Waals surface area contributed by atoms with Gasteiger partial charge in [0.25, 0.3) is 5.91 Å². The lowest BCUT2D eigenvalue weighted by atomic mass is 9.95. The SMILES string of the molecule is CC(=O)[C@@H]([NH3+])Cc1cn(C)c2ccc(O)cc12.CC(=O)[C@H](Cc1cn(C)c2ccc(O)cc12)NC(=O)c1ccc2c(c1)nc(-c1ccoc1)n2C1CCCCC1.[Cl-]. The van der Waals surface area contributed by atoms with Crippen LogP contribution in [0.4, 0.5) is 0 Å². The van der Waals surface area contributed by atoms with Crippen molar-refractivity contribution in [2.75, 3.05) is 0 Å². The number of aromatic hydroxyl groups is 2. The number of hydrogen-bond acceptors (Lipinski definition) is 7. The van der Waals surface area contributed by atoms with Gasteiger partial charge in [-0.1, -0.05) is 19.3 Å². The maximum Gasteiger partial charge on any atom is 0.251 e. The van der Waals surface area contributed by atoms with Crippen molar-refractivity contribution in [3.05, 3.63) is 102 Å². The number of nitrogens with one attached hydrogen (secondary N) is 1. The van der Waals surface area contributed by atoms with E-state index < -0.39 is 6.04 Å². The lowest BCUT2D eigenvalue weighted by Gasteiger charge is -2.25. The van der Waals surface area contributed by atoms with Gasteiger partial charge in [-0.15, -0.1) is 0 Å². The topological polar surface area (TPSA) is 172 Å². The second-order valence-corrected chi connectivity index (χ2v) is 15.1. The summed E-state index contributed by atoms with van der Waals surface area (Å²) in [6, 6.07) is 17.4. The third-order valence-electron chi connectivity index (χ3n) is 11.0. The Balaban J connectivity index is 0.000000256. The van der Waals surface area contributed by atoms with Gasteiger partial charge in [0.15, 0.2) is 11.6 Å². The fraction of sp³-hybridized carbons (Fsp3) is 0.318. The zero-order valence-corrected chi connectivity index (χ0v) is 33.4. The predicted octanol–water partition coefficient (Wildman–Crippen LogP) is 3.56. The lowest BCUT2D eigenvalue weighted by Crippen LogP contribution is -3.00. The fourth-order valence-corrected chi connectivity index (χ4v) is 7.96. The molecule has 6 N–H and O–H groups in total. The highest BCUT2D eigenvalue weighted by Gasteiger charge is 2.25. The van der Waals surface area contributed by atoms with E-state index in [0.29, 0.717) is 24.4 Å². The molecule has 0 bridgehead atoms. The molecule has 12 nitrogen and oxygen atoms in total. The molecule has 298 valence electrons. The van der Waals surface area contributed by atoms with Crippen LogP contribution in [0.1, 0.15) is 73.5 Å². The maximum atomic E-state index is 13.4. The number of benzene rings is 3. The Hall–Kier alpha value is -5.85. The van der Waals surface area contributed by atoms with Gasteiger partial charge in [0.2, 0.25) is 0 Å². The summed E-state index contributed by atoms with van der Waals surface area (Å²) in [4.78, 5) is 42.1. The number of phenols is 2. The number of carbonyl (C=O) groups excluding carboxylic acids is 3. The average molecular weight is 793 g/mol. The highest BCUT2D eigenvalue weighted by Crippen LogP contribution is 2.36. The number of nitrogens with zero attached hydrogens (tertiary/aromatic N) is 4. The first-order valence-corrected chi connectivity index (χ1v) is 19.1. The summed E-state index contributed by atoms with van der Waals surface area (Å²) in [5.41, 5.74) is 10.9. The van der Waals surface area contributed by atoms with Gasteiger partial charge in [-0.2, -0.15) is 0 Å². The van der Waals surface area contributed by atoms with Crippen molar-refractivity contribution in [2.24, 2.45) is 14.1 Å². The molecule has 0 unspecified atom stereocenters. The molecule has 1 saturated carbocycles. The van der Waals surface area contributed by atoms with Crippen LogP contribution >= 0.6 is 0 Å². The molecule has 1 fully saturated rings. The number of aromatic nitrogens is 4. The highest BCUT2D eigenvalue weighted by molar-refractivity contribution is 6.00. The number of rotatable bonds is 10. The number of phenolic OH excluding ortho intramolecular Hbond substituents is 2. The summed E-state index contributed by atoms with van der Waals surface area (Å²) in [5.74, 6) is 0.886. The quantitative estimate of drug-likeness (QED) is 0.164. The number of quaternary nitrogens is 1. The van der Waals surface area contributed by atoms with Crippen LogP contribution in [0.3, 0.4) is 0 Å². The first-order valence-electron chi connectivity index (χ1n) is 19.1. The van der Waals surface area contributed by atoms with Crippen molar-refractivity contribution in [1.82, 2.24) is 24.0 Å². The van der Waals surface area contributed by atoms with Gasteiger partial charge in [-0.3, -0.25) is 14.4 Å². The van der Waals surface area contributed by atoms with E-state index in [1.54, 1.807) is 49.8 Å². The third-order valence-corrected chi connectivity index (χ3v) is 11.0. The minimum Gasteiger partial charge on any atom is -1.00 e. The number of amides is 1. The summed E-state index contributed by atoms with van der Waals surface area (Å²) >= 11 is 0. The number of furan rings is 1. The maximum absolute atomic E-state index is 13.4. The average Bonchev–Trinajstić information content (AvgIpc) is 3.97. The van der Waals surface area contributed by atoms with Crippen molar-refractivity contribution in [2.45, 2.75) is 76.9 Å². The van der Waals surface area contributed by atoms with Crippen LogP contribution < -0.4 is 23.5 Å². The van der Waals surface area contributed by atoms with Gasteiger partial charge in [-0.05, 0) is 91.6 Å². The van der Waals surface area contributed by atoms with Crippen LogP contribution in [0.5, 0.6) is 11.5 Å². The number of aryl methyl sites for hydroxylation is 2. The molecule has 7 aromatic rings. The normalized spacial score (nSPS) is 14.2. The van der Waals surface area contributed by atoms with Gasteiger partial charge >= 0.3 is 0 Å². The lowest BCUT2D eigenvalue weighted by molar-refractivity contribution is -0.402. The smallest absolute Gasteiger partial charge is 0.251 e. The summed E-state index contributed by atoms with van der Waals surface area (Å²) < 4.78 is 11.6. The van der Waals surface area contributed by atoms with Gasteiger partial charge < -0.3 is 51.8 Å². The summed E-state index contributed by atoms with van der Waals surface area (Å²) in [6.45, 7) is 3.04. The van der Waals surface area contributed by atoms with Crippen molar-refractivity contribution in [3.8, 4) is 22.9 Å². The van der Waals surface area contributed by atoms with E-state index in [1.807, 2.05) is 66.0 Å². The molecular formula is C44H49ClN6O6. The van der Waals surface area contributed by atoms with Crippen molar-refractivity contribution in [1.29, 1.82) is 0 Å². The third kappa shape index (κ3) is 8.62. The molecule has 0 saturated heterocycles. The number of Topliss-reactive ketones (excluding diaryl/α,β-unsaturated/α-hetero) is 2. The molecule has 13 heteroatoms. The molecule has 1 aliphatic carbocycles. The predicted molar refractivity (Wildman–Crippen MR) is 215 cm³/mol. The van der Waals surface area contributed by atoms with E-state index in [1.165, 1.54) is 26.2 Å². The van der Waals surface area contributed by atoms with E-state index in [9.17, 15) is 24.6 Å². The number of hydrogen-bond donors (Lipinski definition) is 4.